The maximum atomic E-state index is 11.7. The highest BCUT2D eigenvalue weighted by atomic mass is 16.1. The summed E-state index contributed by atoms with van der Waals surface area (Å²) in [5.41, 5.74) is 1.98. The van der Waals surface area contributed by atoms with Crippen molar-refractivity contribution in [1.82, 2.24) is 0 Å². The summed E-state index contributed by atoms with van der Waals surface area (Å²) in [6.45, 7) is 4.86. The third kappa shape index (κ3) is 1.52. The Kier molecular flexibility index (Phi) is 2.50. The number of carbonyl (C=O) groups excluding carboxylic acids is 1. The molecule has 0 spiro atoms. The van der Waals surface area contributed by atoms with Gasteiger partial charge >= 0.3 is 0 Å². The fourth-order valence-electron chi connectivity index (χ4n) is 5.48. The zero-order valence-corrected chi connectivity index (χ0v) is 12.6. The summed E-state index contributed by atoms with van der Waals surface area (Å²) >= 11 is 0. The average Bonchev–Trinajstić information content (AvgIpc) is 2.81. The first-order valence-electron chi connectivity index (χ1n) is 8.14. The second-order valence-electron chi connectivity index (χ2n) is 7.82. The van der Waals surface area contributed by atoms with Gasteiger partial charge in [0.2, 0.25) is 0 Å². The van der Waals surface area contributed by atoms with Gasteiger partial charge in [0, 0.05) is 6.42 Å². The Hall–Kier alpha value is -1.11. The molecule has 0 bridgehead atoms. The van der Waals surface area contributed by atoms with E-state index in [9.17, 15) is 4.79 Å². The summed E-state index contributed by atoms with van der Waals surface area (Å²) in [5, 5.41) is 0. The van der Waals surface area contributed by atoms with Crippen molar-refractivity contribution < 1.29 is 4.79 Å². The van der Waals surface area contributed by atoms with Crippen LogP contribution in [-0.2, 0) is 4.79 Å². The van der Waals surface area contributed by atoms with E-state index in [0.29, 0.717) is 17.1 Å². The molecule has 0 N–H and O–H groups in total. The first-order valence-corrected chi connectivity index (χ1v) is 8.14. The molecule has 0 heterocycles. The number of hydrogen-bond acceptors (Lipinski definition) is 1. The Morgan fingerprint density at radius 2 is 2.05 bits per heavy atom. The molecule has 0 aromatic carbocycles. The summed E-state index contributed by atoms with van der Waals surface area (Å²) in [7, 11) is 0. The van der Waals surface area contributed by atoms with Gasteiger partial charge in [-0.3, -0.25) is 4.79 Å². The Labute approximate surface area is 121 Å². The molecule has 0 radical (unpaired) electrons. The second-order valence-corrected chi connectivity index (χ2v) is 7.82. The van der Waals surface area contributed by atoms with Crippen LogP contribution in [0.25, 0.3) is 0 Å². The van der Waals surface area contributed by atoms with Gasteiger partial charge in [0.05, 0.1) is 0 Å². The van der Waals surface area contributed by atoms with Crippen molar-refractivity contribution in [2.75, 3.05) is 0 Å². The van der Waals surface area contributed by atoms with Gasteiger partial charge in [-0.15, -0.1) is 0 Å². The first-order chi connectivity index (χ1) is 9.53. The van der Waals surface area contributed by atoms with Crippen molar-refractivity contribution in [3.05, 3.63) is 36.0 Å². The van der Waals surface area contributed by atoms with Crippen molar-refractivity contribution >= 4 is 5.78 Å². The van der Waals surface area contributed by atoms with Crippen LogP contribution in [0.4, 0.5) is 0 Å². The number of hydrogen-bond donors (Lipinski definition) is 0. The van der Waals surface area contributed by atoms with Gasteiger partial charge in [0.15, 0.2) is 5.78 Å². The maximum Gasteiger partial charge on any atom is 0.156 e. The summed E-state index contributed by atoms with van der Waals surface area (Å²) in [4.78, 5) is 11.7. The second kappa shape index (κ2) is 3.96. The molecule has 0 aromatic rings. The molecule has 4 aliphatic rings. The van der Waals surface area contributed by atoms with Crippen LogP contribution in [0.5, 0.6) is 0 Å². The number of fused-ring (bicyclic) bond motifs is 5. The third-order valence-corrected chi connectivity index (χ3v) is 6.84. The lowest BCUT2D eigenvalue weighted by molar-refractivity contribution is -0.116. The molecule has 4 aliphatic carbocycles. The Bertz CT molecular complexity index is 552. The Morgan fingerprint density at radius 1 is 1.20 bits per heavy atom. The summed E-state index contributed by atoms with van der Waals surface area (Å²) in [6, 6.07) is 0. The topological polar surface area (TPSA) is 17.1 Å². The fourth-order valence-corrected chi connectivity index (χ4v) is 5.48. The van der Waals surface area contributed by atoms with Gasteiger partial charge in [0.25, 0.3) is 0 Å². The van der Waals surface area contributed by atoms with E-state index in [0.717, 1.165) is 24.7 Å². The van der Waals surface area contributed by atoms with Gasteiger partial charge in [-0.1, -0.05) is 38.2 Å². The highest BCUT2D eigenvalue weighted by molar-refractivity contribution is 5.92. The van der Waals surface area contributed by atoms with E-state index in [1.54, 1.807) is 0 Å². The van der Waals surface area contributed by atoms with Crippen molar-refractivity contribution in [2.24, 2.45) is 28.6 Å². The summed E-state index contributed by atoms with van der Waals surface area (Å²) < 4.78 is 0. The normalized spacial score (nSPS) is 49.4. The molecule has 0 aromatic heterocycles. The first kappa shape index (κ1) is 12.6. The lowest BCUT2D eigenvalue weighted by atomic mass is 9.49. The van der Waals surface area contributed by atoms with Gasteiger partial charge in [0.1, 0.15) is 0 Å². The average molecular weight is 268 g/mol. The van der Waals surface area contributed by atoms with Gasteiger partial charge in [-0.05, 0) is 65.9 Å². The lowest BCUT2D eigenvalue weighted by Crippen LogP contribution is -2.47. The van der Waals surface area contributed by atoms with Crippen LogP contribution in [0.3, 0.4) is 0 Å². The van der Waals surface area contributed by atoms with Crippen LogP contribution >= 0.6 is 0 Å². The molecule has 0 saturated heterocycles. The third-order valence-electron chi connectivity index (χ3n) is 6.84. The predicted octanol–water partition coefficient (Wildman–Crippen LogP) is 4.46. The smallest absolute Gasteiger partial charge is 0.156 e. The monoisotopic (exact) mass is 268 g/mol. The minimum Gasteiger partial charge on any atom is -0.295 e. The molecular weight excluding hydrogens is 244 g/mol. The fraction of sp³-hybridized carbons (Fsp3) is 0.632. The molecular formula is C19H24O. The van der Waals surface area contributed by atoms with E-state index in [2.05, 4.69) is 38.2 Å². The van der Waals surface area contributed by atoms with E-state index < -0.39 is 0 Å². The molecule has 4 rings (SSSR count). The zero-order valence-electron chi connectivity index (χ0n) is 12.6. The van der Waals surface area contributed by atoms with Crippen LogP contribution in [0.1, 0.15) is 46.0 Å². The molecule has 5 unspecified atom stereocenters. The SMILES string of the molecule is CC12C=CCC1C1C=CC3=CC(=O)CCC3(C)C1CC2. The molecule has 1 saturated carbocycles. The van der Waals surface area contributed by atoms with Crippen LogP contribution in [0, 0.1) is 28.6 Å². The van der Waals surface area contributed by atoms with E-state index in [4.69, 9.17) is 0 Å². The van der Waals surface area contributed by atoms with Crippen molar-refractivity contribution in [3.63, 3.8) is 0 Å². The molecule has 0 amide bonds. The predicted molar refractivity (Wildman–Crippen MR) is 81.1 cm³/mol. The molecule has 1 nitrogen and oxygen atoms in total. The number of carbonyl (C=O) groups is 1. The van der Waals surface area contributed by atoms with Crippen LogP contribution in [0.15, 0.2) is 36.0 Å². The van der Waals surface area contributed by atoms with E-state index in [-0.39, 0.29) is 5.41 Å². The highest BCUT2D eigenvalue weighted by Crippen LogP contribution is 2.61. The molecule has 0 aliphatic heterocycles. The van der Waals surface area contributed by atoms with Gasteiger partial charge in [-0.25, -0.2) is 0 Å². The minimum absolute atomic E-state index is 0.247. The van der Waals surface area contributed by atoms with E-state index in [1.807, 2.05) is 6.08 Å². The largest absolute Gasteiger partial charge is 0.295 e. The van der Waals surface area contributed by atoms with Crippen LogP contribution in [-0.4, -0.2) is 5.78 Å². The number of ketones is 1. The minimum atomic E-state index is 0.247. The molecule has 20 heavy (non-hydrogen) atoms. The van der Waals surface area contributed by atoms with Crippen molar-refractivity contribution in [3.8, 4) is 0 Å². The van der Waals surface area contributed by atoms with Gasteiger partial charge in [-0.2, -0.15) is 0 Å². The van der Waals surface area contributed by atoms with E-state index in [1.165, 1.54) is 24.8 Å². The van der Waals surface area contributed by atoms with Crippen LogP contribution in [0.2, 0.25) is 0 Å². The molecule has 1 fully saturated rings. The Balaban J connectivity index is 1.76. The van der Waals surface area contributed by atoms with Crippen molar-refractivity contribution in [1.29, 1.82) is 0 Å². The van der Waals surface area contributed by atoms with Gasteiger partial charge < -0.3 is 0 Å². The van der Waals surface area contributed by atoms with E-state index >= 15 is 0 Å². The summed E-state index contributed by atoms with van der Waals surface area (Å²) in [5.74, 6) is 2.56. The molecule has 106 valence electrons. The standard InChI is InChI=1S/C19H24O/c1-18-9-3-4-16(18)15-6-5-13-12-14(20)7-11-19(13,2)17(15)8-10-18/h3,5-6,9,12,15-17H,4,7-8,10-11H2,1-2H3. The summed E-state index contributed by atoms with van der Waals surface area (Å²) in [6.07, 6.45) is 17.2. The highest BCUT2D eigenvalue weighted by Gasteiger charge is 2.53. The zero-order chi connectivity index (χ0) is 14.0. The lowest BCUT2D eigenvalue weighted by Gasteiger charge is -2.54. The quantitative estimate of drug-likeness (QED) is 0.593. The Morgan fingerprint density at radius 3 is 2.90 bits per heavy atom. The number of allylic oxidation sites excluding steroid dienone is 6. The number of rotatable bonds is 0. The maximum absolute atomic E-state index is 11.7. The van der Waals surface area contributed by atoms with Crippen LogP contribution < -0.4 is 0 Å². The molecule has 1 heteroatoms. The molecule has 5 atom stereocenters. The van der Waals surface area contributed by atoms with Crippen molar-refractivity contribution in [2.45, 2.75) is 46.0 Å².